The van der Waals surface area contributed by atoms with Crippen molar-refractivity contribution in [2.45, 2.75) is 78.6 Å². The summed E-state index contributed by atoms with van der Waals surface area (Å²) in [6, 6.07) is 38.5. The van der Waals surface area contributed by atoms with Crippen molar-refractivity contribution in [2.75, 3.05) is 0 Å². The Balaban J connectivity index is 1.23. The van der Waals surface area contributed by atoms with Crippen molar-refractivity contribution in [3.05, 3.63) is 157 Å². The molecule has 0 bridgehead atoms. The van der Waals surface area contributed by atoms with Gasteiger partial charge < -0.3 is 4.74 Å². The number of pyridine rings is 2. The van der Waals surface area contributed by atoms with Crippen LogP contribution in [0.3, 0.4) is 0 Å². The van der Waals surface area contributed by atoms with Crippen LogP contribution in [-0.4, -0.2) is 19.1 Å². The van der Waals surface area contributed by atoms with E-state index < -0.39 is 0 Å². The molecule has 0 aliphatic heterocycles. The monoisotopic (exact) mass is 723 g/mol. The second-order valence-corrected chi connectivity index (χ2v) is 17.6. The average Bonchev–Trinajstić information content (AvgIpc) is 3.77. The number of benzene rings is 4. The summed E-state index contributed by atoms with van der Waals surface area (Å²) in [6.07, 6.45) is 11.2. The van der Waals surface area contributed by atoms with E-state index in [0.29, 0.717) is 11.6 Å². The van der Waals surface area contributed by atoms with Gasteiger partial charge in [-0.2, -0.15) is 0 Å². The Kier molecular flexibility index (Phi) is 8.76. The highest BCUT2D eigenvalue weighted by Gasteiger charge is 2.23. The highest BCUT2D eigenvalue weighted by atomic mass is 16.5. The van der Waals surface area contributed by atoms with Crippen molar-refractivity contribution in [2.24, 2.45) is 0 Å². The molecule has 0 atom stereocenters. The lowest BCUT2D eigenvalue weighted by Crippen LogP contribution is -2.30. The molecule has 0 unspecified atom stereocenters. The lowest BCUT2D eigenvalue weighted by Gasteiger charge is -2.26. The number of ether oxygens (including phenoxy) is 1. The van der Waals surface area contributed by atoms with Crippen molar-refractivity contribution in [3.63, 3.8) is 0 Å². The van der Waals surface area contributed by atoms with Crippen LogP contribution in [0.15, 0.2) is 134 Å². The minimum absolute atomic E-state index is 0.00924. The molecule has 276 valence electrons. The molecule has 4 aromatic carbocycles. The zero-order chi connectivity index (χ0) is 38.7. The summed E-state index contributed by atoms with van der Waals surface area (Å²) in [5.41, 5.74) is 9.08. The normalized spacial score (nSPS) is 12.5. The van der Waals surface area contributed by atoms with Gasteiger partial charge in [0.15, 0.2) is 5.82 Å². The maximum absolute atomic E-state index is 6.89. The molecule has 8 rings (SSSR count). The Morgan fingerprint density at radius 3 is 1.95 bits per heavy atom. The van der Waals surface area contributed by atoms with Crippen LogP contribution in [0.25, 0.3) is 50.3 Å². The van der Waals surface area contributed by atoms with E-state index in [1.165, 1.54) is 16.7 Å². The van der Waals surface area contributed by atoms with Crippen molar-refractivity contribution in [1.82, 2.24) is 19.1 Å². The fraction of sp³-hybridized carbons (Fsp3) is 0.245. The number of imidazole rings is 1. The SMILES string of the molecule is CC(C)(C)c1cc(-[n+]2[c-]n(-c3cc(Oc4cc5c(cc4-c4ccccc4)c4ccccc4n5-c4cc(C(C)(C)C)ccn4)ccn3)cc2)cc(C(C)(C)C)c1. The molecular formula is C49H49N5O. The lowest BCUT2D eigenvalue weighted by molar-refractivity contribution is -0.599. The van der Waals surface area contributed by atoms with Gasteiger partial charge in [0.05, 0.1) is 16.7 Å². The number of aromatic nitrogens is 5. The molecule has 0 radical (unpaired) electrons. The predicted molar refractivity (Wildman–Crippen MR) is 224 cm³/mol. The molecule has 4 aromatic heterocycles. The molecule has 0 fully saturated rings. The van der Waals surface area contributed by atoms with E-state index >= 15 is 0 Å². The third-order valence-electron chi connectivity index (χ3n) is 10.4. The Hall–Kier alpha value is -6.01. The summed E-state index contributed by atoms with van der Waals surface area (Å²) in [4.78, 5) is 9.64. The molecule has 0 aliphatic rings. The fourth-order valence-electron chi connectivity index (χ4n) is 7.10. The van der Waals surface area contributed by atoms with Gasteiger partial charge in [-0.1, -0.05) is 117 Å². The molecule has 0 amide bonds. The van der Waals surface area contributed by atoms with Crippen LogP contribution in [0.5, 0.6) is 11.5 Å². The third-order valence-corrected chi connectivity index (χ3v) is 10.4. The quantitative estimate of drug-likeness (QED) is 0.127. The molecule has 0 spiro atoms. The number of hydrogen-bond donors (Lipinski definition) is 0. The Morgan fingerprint density at radius 2 is 1.24 bits per heavy atom. The topological polar surface area (TPSA) is 48.8 Å². The molecule has 0 saturated carbocycles. The first-order valence-electron chi connectivity index (χ1n) is 19.1. The van der Waals surface area contributed by atoms with Gasteiger partial charge in [0.2, 0.25) is 0 Å². The van der Waals surface area contributed by atoms with Crippen LogP contribution in [0.2, 0.25) is 0 Å². The molecule has 0 N–H and O–H groups in total. The van der Waals surface area contributed by atoms with Crippen LogP contribution < -0.4 is 9.30 Å². The maximum Gasteiger partial charge on any atom is 0.270 e. The highest BCUT2D eigenvalue weighted by Crippen LogP contribution is 2.42. The minimum atomic E-state index is -0.0213. The van der Waals surface area contributed by atoms with Crippen LogP contribution in [0, 0.1) is 6.33 Å². The molecule has 0 saturated heterocycles. The number of hydrogen-bond acceptors (Lipinski definition) is 3. The summed E-state index contributed by atoms with van der Waals surface area (Å²) in [5.74, 6) is 3.00. The van der Waals surface area contributed by atoms with E-state index in [1.54, 1.807) is 6.20 Å². The second kappa shape index (κ2) is 13.4. The zero-order valence-corrected chi connectivity index (χ0v) is 33.3. The largest absolute Gasteiger partial charge is 0.457 e. The van der Waals surface area contributed by atoms with Crippen LogP contribution >= 0.6 is 0 Å². The van der Waals surface area contributed by atoms with Gasteiger partial charge in [-0.15, -0.1) is 0 Å². The summed E-state index contributed by atoms with van der Waals surface area (Å²) in [6.45, 7) is 20.3. The first kappa shape index (κ1) is 36.0. The molecule has 0 aliphatic carbocycles. The van der Waals surface area contributed by atoms with Crippen molar-refractivity contribution in [1.29, 1.82) is 0 Å². The fourth-order valence-corrected chi connectivity index (χ4v) is 7.10. The molecule has 6 nitrogen and oxygen atoms in total. The van der Waals surface area contributed by atoms with Gasteiger partial charge in [0.1, 0.15) is 17.3 Å². The summed E-state index contributed by atoms with van der Waals surface area (Å²) < 4.78 is 13.1. The van der Waals surface area contributed by atoms with Gasteiger partial charge in [-0.05, 0) is 81.0 Å². The standard InChI is InChI=1S/C49H49N5O/c1-47(2,3)34-19-21-51-46(28-34)54-42-18-14-13-17-39(42)41-30-40(33-15-11-10-12-16-33)44(31-43(41)54)55-38-20-22-50-45(29-38)53-24-23-52(32-53)37-26-35(48(4,5)6)25-36(27-37)49(7,8)9/h10-31H,1-9H3. The van der Waals surface area contributed by atoms with Crippen molar-refractivity contribution in [3.8, 4) is 39.9 Å². The van der Waals surface area contributed by atoms with Crippen LogP contribution in [0.1, 0.15) is 79.0 Å². The Morgan fingerprint density at radius 1 is 0.582 bits per heavy atom. The average molecular weight is 724 g/mol. The van der Waals surface area contributed by atoms with Gasteiger partial charge in [-0.25, -0.2) is 4.98 Å². The molecule has 55 heavy (non-hydrogen) atoms. The molecule has 4 heterocycles. The van der Waals surface area contributed by atoms with Gasteiger partial charge in [-0.3, -0.25) is 18.7 Å². The van der Waals surface area contributed by atoms with Gasteiger partial charge in [0, 0.05) is 53.3 Å². The van der Waals surface area contributed by atoms with Gasteiger partial charge in [0.25, 0.3) is 6.33 Å². The zero-order valence-electron chi connectivity index (χ0n) is 33.3. The number of fused-ring (bicyclic) bond motifs is 3. The van der Waals surface area contributed by atoms with Crippen molar-refractivity contribution < 1.29 is 9.30 Å². The molecule has 8 aromatic rings. The number of nitrogens with zero attached hydrogens (tertiary/aromatic N) is 5. The lowest BCUT2D eigenvalue weighted by atomic mass is 9.80. The Labute approximate surface area is 324 Å². The van der Waals surface area contributed by atoms with E-state index in [9.17, 15) is 0 Å². The smallest absolute Gasteiger partial charge is 0.270 e. The number of para-hydroxylation sites is 1. The summed E-state index contributed by atoms with van der Waals surface area (Å²) >= 11 is 0. The summed E-state index contributed by atoms with van der Waals surface area (Å²) in [5, 5.41) is 2.30. The number of rotatable bonds is 6. The predicted octanol–water partition coefficient (Wildman–Crippen LogP) is 11.8. The maximum atomic E-state index is 6.89. The minimum Gasteiger partial charge on any atom is -0.457 e. The van der Waals surface area contributed by atoms with E-state index in [-0.39, 0.29) is 16.2 Å². The Bertz CT molecular complexity index is 2650. The summed E-state index contributed by atoms with van der Waals surface area (Å²) in [7, 11) is 0. The van der Waals surface area contributed by atoms with Crippen LogP contribution in [-0.2, 0) is 16.2 Å². The van der Waals surface area contributed by atoms with E-state index in [1.807, 2.05) is 45.9 Å². The van der Waals surface area contributed by atoms with Crippen molar-refractivity contribution >= 4 is 21.8 Å². The highest BCUT2D eigenvalue weighted by molar-refractivity contribution is 6.11. The third kappa shape index (κ3) is 7.05. The second-order valence-electron chi connectivity index (χ2n) is 17.6. The van der Waals surface area contributed by atoms with Crippen LogP contribution in [0.4, 0.5) is 0 Å². The molecular weight excluding hydrogens is 675 g/mol. The van der Waals surface area contributed by atoms with E-state index in [2.05, 4.69) is 164 Å². The van der Waals surface area contributed by atoms with Gasteiger partial charge >= 0.3 is 0 Å². The first-order chi connectivity index (χ1) is 26.1. The molecule has 6 heteroatoms. The van der Waals surface area contributed by atoms with E-state index in [0.717, 1.165) is 50.2 Å². The first-order valence-corrected chi connectivity index (χ1v) is 19.1. The van der Waals surface area contributed by atoms with E-state index in [4.69, 9.17) is 14.7 Å².